The summed E-state index contributed by atoms with van der Waals surface area (Å²) in [7, 11) is 2.07. The van der Waals surface area contributed by atoms with Crippen LogP contribution in [0, 0.1) is 18.3 Å². The van der Waals surface area contributed by atoms with Gasteiger partial charge in [-0.25, -0.2) is 4.98 Å². The molecule has 2 aromatic heterocycles. The highest BCUT2D eigenvalue weighted by atomic mass is 15.3. The molecule has 144 valence electrons. The number of imidazole rings is 1. The Labute approximate surface area is 165 Å². The number of aromatic nitrogens is 5. The minimum Gasteiger partial charge on any atom is -0.328 e. The van der Waals surface area contributed by atoms with E-state index >= 15 is 0 Å². The Morgan fingerprint density at radius 1 is 1.11 bits per heavy atom. The lowest BCUT2D eigenvalue weighted by Gasteiger charge is -2.31. The zero-order valence-corrected chi connectivity index (χ0v) is 16.4. The lowest BCUT2D eigenvalue weighted by Crippen LogP contribution is -2.33. The molecule has 0 bridgehead atoms. The van der Waals surface area contributed by atoms with Gasteiger partial charge >= 0.3 is 0 Å². The summed E-state index contributed by atoms with van der Waals surface area (Å²) in [5, 5.41) is 17.9. The zero-order chi connectivity index (χ0) is 19.5. The number of rotatable bonds is 5. The van der Waals surface area contributed by atoms with Gasteiger partial charge in [-0.15, -0.1) is 10.2 Å². The van der Waals surface area contributed by atoms with E-state index in [2.05, 4.69) is 54.5 Å². The predicted octanol–water partition coefficient (Wildman–Crippen LogP) is 2.62. The Bertz CT molecular complexity index is 969. The molecule has 1 aliphatic heterocycles. The molecular formula is C21H25N7. The molecule has 1 fully saturated rings. The molecule has 3 aromatic rings. The van der Waals surface area contributed by atoms with Crippen LogP contribution in [-0.2, 0) is 20.1 Å². The molecule has 1 saturated heterocycles. The van der Waals surface area contributed by atoms with Crippen LogP contribution < -0.4 is 0 Å². The first-order chi connectivity index (χ1) is 13.6. The third-order valence-electron chi connectivity index (χ3n) is 5.68. The van der Waals surface area contributed by atoms with Gasteiger partial charge in [0.15, 0.2) is 5.82 Å². The Kier molecular flexibility index (Phi) is 5.22. The molecule has 7 nitrogen and oxygen atoms in total. The minimum absolute atomic E-state index is 0.451. The highest BCUT2D eigenvalue weighted by Gasteiger charge is 2.25. The van der Waals surface area contributed by atoms with Crippen molar-refractivity contribution in [2.75, 3.05) is 13.1 Å². The summed E-state index contributed by atoms with van der Waals surface area (Å²) in [6.45, 7) is 5.73. The molecule has 0 spiro atoms. The van der Waals surface area contributed by atoms with Gasteiger partial charge in [-0.2, -0.15) is 5.26 Å². The van der Waals surface area contributed by atoms with Crippen LogP contribution >= 0.6 is 0 Å². The summed E-state index contributed by atoms with van der Waals surface area (Å²) in [4.78, 5) is 6.75. The SMILES string of the molecule is Cc1nccn1Cc1nnc(C2CCN(Cc3ccc(C#N)cc3)CC2)n1C. The van der Waals surface area contributed by atoms with Gasteiger partial charge in [-0.3, -0.25) is 4.90 Å². The largest absolute Gasteiger partial charge is 0.328 e. The average Bonchev–Trinajstić information content (AvgIpc) is 3.29. The number of piperidine rings is 1. The molecule has 7 heteroatoms. The summed E-state index contributed by atoms with van der Waals surface area (Å²) in [6, 6.07) is 10.1. The van der Waals surface area contributed by atoms with E-state index in [9.17, 15) is 0 Å². The van der Waals surface area contributed by atoms with Crippen LogP contribution in [0.1, 0.15) is 47.4 Å². The molecule has 28 heavy (non-hydrogen) atoms. The molecule has 0 saturated carbocycles. The maximum atomic E-state index is 8.92. The van der Waals surface area contributed by atoms with Crippen LogP contribution in [0.4, 0.5) is 0 Å². The molecule has 1 aromatic carbocycles. The summed E-state index contributed by atoms with van der Waals surface area (Å²) < 4.78 is 4.24. The fraction of sp³-hybridized carbons (Fsp3) is 0.429. The minimum atomic E-state index is 0.451. The van der Waals surface area contributed by atoms with E-state index in [0.29, 0.717) is 18.0 Å². The summed E-state index contributed by atoms with van der Waals surface area (Å²) in [5.74, 6) is 3.50. The van der Waals surface area contributed by atoms with Crippen molar-refractivity contribution in [3.8, 4) is 6.07 Å². The molecule has 0 amide bonds. The van der Waals surface area contributed by atoms with Crippen molar-refractivity contribution in [3.05, 3.63) is 65.3 Å². The second-order valence-corrected chi connectivity index (χ2v) is 7.49. The van der Waals surface area contributed by atoms with Crippen LogP contribution in [0.15, 0.2) is 36.7 Å². The lowest BCUT2D eigenvalue weighted by molar-refractivity contribution is 0.200. The van der Waals surface area contributed by atoms with E-state index in [-0.39, 0.29) is 0 Å². The van der Waals surface area contributed by atoms with Gasteiger partial charge in [0.25, 0.3) is 0 Å². The molecule has 1 aliphatic rings. The first kappa shape index (κ1) is 18.4. The summed E-state index contributed by atoms with van der Waals surface area (Å²) >= 11 is 0. The average molecular weight is 375 g/mol. The van der Waals surface area contributed by atoms with Crippen LogP contribution in [-0.4, -0.2) is 42.3 Å². The number of nitriles is 1. The van der Waals surface area contributed by atoms with E-state index in [4.69, 9.17) is 5.26 Å². The van der Waals surface area contributed by atoms with Crippen molar-refractivity contribution < 1.29 is 0 Å². The number of benzene rings is 1. The highest BCUT2D eigenvalue weighted by Crippen LogP contribution is 2.27. The Morgan fingerprint density at radius 2 is 1.86 bits per heavy atom. The molecule has 3 heterocycles. The topological polar surface area (TPSA) is 75.6 Å². The van der Waals surface area contributed by atoms with Gasteiger partial charge in [0, 0.05) is 31.9 Å². The van der Waals surface area contributed by atoms with Gasteiger partial charge in [0.05, 0.1) is 18.2 Å². The second-order valence-electron chi connectivity index (χ2n) is 7.49. The van der Waals surface area contributed by atoms with Crippen molar-refractivity contribution in [1.82, 2.24) is 29.2 Å². The number of likely N-dealkylation sites (tertiary alicyclic amines) is 1. The monoisotopic (exact) mass is 375 g/mol. The highest BCUT2D eigenvalue weighted by molar-refractivity contribution is 5.31. The fourth-order valence-electron chi connectivity index (χ4n) is 3.88. The van der Waals surface area contributed by atoms with Gasteiger partial charge < -0.3 is 9.13 Å². The molecule has 0 radical (unpaired) electrons. The standard InChI is InChI=1S/C21H25N7/c1-16-23-9-12-28(16)15-20-24-25-21(26(20)2)19-7-10-27(11-8-19)14-18-5-3-17(13-22)4-6-18/h3-6,9,12,19H,7-8,10-11,14-15H2,1-2H3. The van der Waals surface area contributed by atoms with E-state index < -0.39 is 0 Å². The number of hydrogen-bond donors (Lipinski definition) is 0. The first-order valence-electron chi connectivity index (χ1n) is 9.71. The smallest absolute Gasteiger partial charge is 0.152 e. The quantitative estimate of drug-likeness (QED) is 0.685. The van der Waals surface area contributed by atoms with Gasteiger partial charge in [0.1, 0.15) is 11.6 Å². The normalized spacial score (nSPS) is 15.6. The molecule has 0 atom stereocenters. The number of hydrogen-bond acceptors (Lipinski definition) is 5. The third kappa shape index (κ3) is 3.82. The third-order valence-corrected chi connectivity index (χ3v) is 5.68. The maximum Gasteiger partial charge on any atom is 0.152 e. The Morgan fingerprint density at radius 3 is 2.50 bits per heavy atom. The van der Waals surface area contributed by atoms with Crippen LogP contribution in [0.5, 0.6) is 0 Å². The molecule has 4 rings (SSSR count). The molecule has 0 unspecified atom stereocenters. The van der Waals surface area contributed by atoms with Crippen molar-refractivity contribution in [2.24, 2.45) is 7.05 Å². The van der Waals surface area contributed by atoms with E-state index in [1.54, 1.807) is 0 Å². The first-order valence-corrected chi connectivity index (χ1v) is 9.71. The van der Waals surface area contributed by atoms with Gasteiger partial charge in [-0.1, -0.05) is 12.1 Å². The van der Waals surface area contributed by atoms with Crippen molar-refractivity contribution >= 4 is 0 Å². The Balaban J connectivity index is 1.36. The summed E-state index contributed by atoms with van der Waals surface area (Å²) in [5.41, 5.74) is 1.97. The number of aryl methyl sites for hydroxylation is 1. The van der Waals surface area contributed by atoms with E-state index in [1.807, 2.05) is 31.5 Å². The maximum absolute atomic E-state index is 8.92. The predicted molar refractivity (Wildman–Crippen MR) is 105 cm³/mol. The van der Waals surface area contributed by atoms with Crippen LogP contribution in [0.2, 0.25) is 0 Å². The Hall–Kier alpha value is -2.98. The molecule has 0 N–H and O–H groups in total. The van der Waals surface area contributed by atoms with Gasteiger partial charge in [-0.05, 0) is 50.6 Å². The van der Waals surface area contributed by atoms with Crippen molar-refractivity contribution in [1.29, 1.82) is 5.26 Å². The van der Waals surface area contributed by atoms with Crippen molar-refractivity contribution in [3.63, 3.8) is 0 Å². The fourth-order valence-corrected chi connectivity index (χ4v) is 3.88. The van der Waals surface area contributed by atoms with E-state index in [0.717, 1.165) is 49.9 Å². The lowest BCUT2D eigenvalue weighted by atomic mass is 9.95. The molecule has 0 aliphatic carbocycles. The number of nitrogens with zero attached hydrogens (tertiary/aromatic N) is 7. The molecular weight excluding hydrogens is 350 g/mol. The van der Waals surface area contributed by atoms with Crippen LogP contribution in [0.3, 0.4) is 0 Å². The van der Waals surface area contributed by atoms with Gasteiger partial charge in [0.2, 0.25) is 0 Å². The second kappa shape index (κ2) is 7.95. The van der Waals surface area contributed by atoms with E-state index in [1.165, 1.54) is 5.56 Å². The zero-order valence-electron chi connectivity index (χ0n) is 16.4. The summed E-state index contributed by atoms with van der Waals surface area (Å²) in [6.07, 6.45) is 5.97. The van der Waals surface area contributed by atoms with Crippen molar-refractivity contribution in [2.45, 2.75) is 38.8 Å². The van der Waals surface area contributed by atoms with Crippen LogP contribution in [0.25, 0.3) is 0 Å².